The first-order valence-electron chi connectivity index (χ1n) is 5.19. The van der Waals surface area contributed by atoms with Crippen LogP contribution >= 0.6 is 11.3 Å². The molecule has 3 aromatic rings. The standard InChI is InChI=1S/C11H9N5OS/c12-11-14-9(15-16-11)10(17)13-7-1-2-8-6(5-7)3-4-18-8/h1-5H,(H,13,17)(H3,12,14,15,16). The second-order valence-electron chi connectivity index (χ2n) is 3.67. The molecule has 0 aliphatic carbocycles. The molecule has 7 heteroatoms. The van der Waals surface area contributed by atoms with E-state index in [0.29, 0.717) is 5.69 Å². The van der Waals surface area contributed by atoms with Crippen LogP contribution in [0.3, 0.4) is 0 Å². The Morgan fingerprint density at radius 2 is 2.28 bits per heavy atom. The van der Waals surface area contributed by atoms with Crippen molar-refractivity contribution < 1.29 is 4.79 Å². The monoisotopic (exact) mass is 259 g/mol. The molecule has 0 radical (unpaired) electrons. The van der Waals surface area contributed by atoms with Crippen molar-refractivity contribution in [2.75, 3.05) is 11.1 Å². The number of H-pyrrole nitrogens is 1. The third-order valence-corrected chi connectivity index (χ3v) is 3.33. The van der Waals surface area contributed by atoms with E-state index in [1.165, 1.54) is 4.70 Å². The highest BCUT2D eigenvalue weighted by molar-refractivity contribution is 7.17. The molecule has 2 heterocycles. The summed E-state index contributed by atoms with van der Waals surface area (Å²) < 4.78 is 1.18. The number of hydrogen-bond acceptors (Lipinski definition) is 5. The molecule has 1 aromatic carbocycles. The average molecular weight is 259 g/mol. The van der Waals surface area contributed by atoms with Gasteiger partial charge in [0.15, 0.2) is 0 Å². The summed E-state index contributed by atoms with van der Waals surface area (Å²) in [5.74, 6) is -0.222. The van der Waals surface area contributed by atoms with Crippen molar-refractivity contribution >= 4 is 39.0 Å². The number of rotatable bonds is 2. The zero-order valence-electron chi connectivity index (χ0n) is 9.18. The van der Waals surface area contributed by atoms with Gasteiger partial charge in [0.1, 0.15) is 0 Å². The summed E-state index contributed by atoms with van der Waals surface area (Å²) in [5.41, 5.74) is 6.05. The molecule has 1 amide bonds. The van der Waals surface area contributed by atoms with E-state index < -0.39 is 0 Å². The molecular weight excluding hydrogens is 250 g/mol. The Morgan fingerprint density at radius 3 is 3.06 bits per heavy atom. The summed E-state index contributed by atoms with van der Waals surface area (Å²) in [5, 5.41) is 11.9. The highest BCUT2D eigenvalue weighted by Crippen LogP contribution is 2.24. The van der Waals surface area contributed by atoms with Crippen LogP contribution in [0.25, 0.3) is 10.1 Å². The summed E-state index contributed by atoms with van der Waals surface area (Å²) in [6, 6.07) is 7.71. The van der Waals surface area contributed by atoms with E-state index in [1.807, 2.05) is 29.6 Å². The summed E-state index contributed by atoms with van der Waals surface area (Å²) in [4.78, 5) is 15.6. The number of nitrogens with one attached hydrogen (secondary N) is 2. The van der Waals surface area contributed by atoms with Gasteiger partial charge in [0.05, 0.1) is 0 Å². The van der Waals surface area contributed by atoms with Gasteiger partial charge in [-0.05, 0) is 35.0 Å². The van der Waals surface area contributed by atoms with E-state index in [-0.39, 0.29) is 17.7 Å². The SMILES string of the molecule is Nc1n[nH]c(C(=O)Nc2ccc3sccc3c2)n1. The van der Waals surface area contributed by atoms with Crippen LogP contribution in [-0.4, -0.2) is 21.1 Å². The number of carbonyl (C=O) groups is 1. The summed E-state index contributed by atoms with van der Waals surface area (Å²) in [6.07, 6.45) is 0. The number of fused-ring (bicyclic) bond motifs is 1. The van der Waals surface area contributed by atoms with Gasteiger partial charge in [-0.2, -0.15) is 4.98 Å². The fourth-order valence-corrected chi connectivity index (χ4v) is 2.38. The van der Waals surface area contributed by atoms with Gasteiger partial charge >= 0.3 is 0 Å². The summed E-state index contributed by atoms with van der Waals surface area (Å²) in [7, 11) is 0. The fraction of sp³-hybridized carbons (Fsp3) is 0. The van der Waals surface area contributed by atoms with Gasteiger partial charge in [-0.15, -0.1) is 16.4 Å². The first-order chi connectivity index (χ1) is 8.72. The lowest BCUT2D eigenvalue weighted by Gasteiger charge is -2.02. The van der Waals surface area contributed by atoms with E-state index in [2.05, 4.69) is 20.5 Å². The predicted octanol–water partition coefficient (Wildman–Crippen LogP) is 1.85. The van der Waals surface area contributed by atoms with Gasteiger partial charge in [0, 0.05) is 10.4 Å². The van der Waals surface area contributed by atoms with Gasteiger partial charge < -0.3 is 11.1 Å². The molecule has 0 aliphatic heterocycles. The van der Waals surface area contributed by atoms with Crippen molar-refractivity contribution in [3.8, 4) is 0 Å². The van der Waals surface area contributed by atoms with E-state index in [9.17, 15) is 4.79 Å². The Kier molecular flexibility index (Phi) is 2.45. The lowest BCUT2D eigenvalue weighted by Crippen LogP contribution is -2.13. The molecule has 6 nitrogen and oxygen atoms in total. The molecule has 0 fully saturated rings. The van der Waals surface area contributed by atoms with Crippen molar-refractivity contribution in [3.63, 3.8) is 0 Å². The topological polar surface area (TPSA) is 96.7 Å². The summed E-state index contributed by atoms with van der Waals surface area (Å²) >= 11 is 1.66. The van der Waals surface area contributed by atoms with Crippen LogP contribution in [-0.2, 0) is 0 Å². The molecule has 0 saturated heterocycles. The summed E-state index contributed by atoms with van der Waals surface area (Å²) in [6.45, 7) is 0. The Hall–Kier alpha value is -2.41. The first-order valence-corrected chi connectivity index (χ1v) is 6.07. The molecule has 18 heavy (non-hydrogen) atoms. The third kappa shape index (κ3) is 1.91. The number of anilines is 2. The van der Waals surface area contributed by atoms with Gasteiger partial charge in [0.25, 0.3) is 5.91 Å². The highest BCUT2D eigenvalue weighted by Gasteiger charge is 2.11. The lowest BCUT2D eigenvalue weighted by molar-refractivity contribution is 0.101. The number of amides is 1. The number of aromatic nitrogens is 3. The minimum Gasteiger partial charge on any atom is -0.366 e. The maximum absolute atomic E-state index is 11.8. The average Bonchev–Trinajstić information content (AvgIpc) is 2.96. The molecular formula is C11H9N5OS. The zero-order valence-corrected chi connectivity index (χ0v) is 9.99. The van der Waals surface area contributed by atoms with Crippen LogP contribution in [0.4, 0.5) is 11.6 Å². The van der Waals surface area contributed by atoms with Gasteiger partial charge in [-0.3, -0.25) is 9.89 Å². The first kappa shape index (κ1) is 10.7. The molecule has 0 aliphatic rings. The van der Waals surface area contributed by atoms with E-state index in [4.69, 9.17) is 5.73 Å². The number of benzene rings is 1. The number of aromatic amines is 1. The molecule has 2 aromatic heterocycles. The Labute approximate surface area is 106 Å². The normalized spacial score (nSPS) is 10.7. The molecule has 90 valence electrons. The van der Waals surface area contributed by atoms with Crippen LogP contribution in [0.5, 0.6) is 0 Å². The van der Waals surface area contributed by atoms with Gasteiger partial charge in [-0.1, -0.05) is 0 Å². The van der Waals surface area contributed by atoms with Crippen molar-refractivity contribution in [3.05, 3.63) is 35.5 Å². The smallest absolute Gasteiger partial charge is 0.293 e. The number of hydrogen-bond donors (Lipinski definition) is 3. The highest BCUT2D eigenvalue weighted by atomic mass is 32.1. The second-order valence-corrected chi connectivity index (χ2v) is 4.62. The molecule has 0 atom stereocenters. The van der Waals surface area contributed by atoms with Crippen molar-refractivity contribution in [1.29, 1.82) is 0 Å². The second kappa shape index (κ2) is 4.11. The molecule has 3 rings (SSSR count). The van der Waals surface area contributed by atoms with E-state index in [0.717, 1.165) is 5.39 Å². The van der Waals surface area contributed by atoms with Crippen molar-refractivity contribution in [1.82, 2.24) is 15.2 Å². The molecule has 0 spiro atoms. The number of nitrogens with zero attached hydrogens (tertiary/aromatic N) is 2. The van der Waals surface area contributed by atoms with Crippen LogP contribution < -0.4 is 11.1 Å². The van der Waals surface area contributed by atoms with Crippen LogP contribution in [0.15, 0.2) is 29.6 Å². The Morgan fingerprint density at radius 1 is 1.39 bits per heavy atom. The van der Waals surface area contributed by atoms with E-state index in [1.54, 1.807) is 11.3 Å². The maximum Gasteiger partial charge on any atom is 0.293 e. The Balaban J connectivity index is 1.85. The molecule has 0 saturated carbocycles. The third-order valence-electron chi connectivity index (χ3n) is 2.43. The lowest BCUT2D eigenvalue weighted by atomic mass is 10.2. The van der Waals surface area contributed by atoms with Crippen molar-refractivity contribution in [2.45, 2.75) is 0 Å². The largest absolute Gasteiger partial charge is 0.366 e. The Bertz CT molecular complexity index is 717. The molecule has 0 bridgehead atoms. The molecule has 4 N–H and O–H groups in total. The number of nitrogens with two attached hydrogens (primary N) is 1. The van der Waals surface area contributed by atoms with E-state index >= 15 is 0 Å². The predicted molar refractivity (Wildman–Crippen MR) is 70.6 cm³/mol. The van der Waals surface area contributed by atoms with Crippen LogP contribution in [0.2, 0.25) is 0 Å². The van der Waals surface area contributed by atoms with Gasteiger partial charge in [0.2, 0.25) is 11.8 Å². The zero-order chi connectivity index (χ0) is 12.5. The minimum absolute atomic E-state index is 0.0495. The molecule has 0 unspecified atom stereocenters. The van der Waals surface area contributed by atoms with Crippen molar-refractivity contribution in [2.24, 2.45) is 0 Å². The number of nitrogen functional groups attached to an aromatic ring is 1. The maximum atomic E-state index is 11.8. The van der Waals surface area contributed by atoms with Crippen LogP contribution in [0.1, 0.15) is 10.6 Å². The number of carbonyl (C=O) groups excluding carboxylic acids is 1. The van der Waals surface area contributed by atoms with Crippen LogP contribution in [0, 0.1) is 0 Å². The minimum atomic E-state index is -0.367. The van der Waals surface area contributed by atoms with Gasteiger partial charge in [-0.25, -0.2) is 0 Å². The fourth-order valence-electron chi connectivity index (χ4n) is 1.61. The number of thiophene rings is 1. The quantitative estimate of drug-likeness (QED) is 0.654.